The number of aliphatic carboxylic acids is 1. The fourth-order valence-electron chi connectivity index (χ4n) is 3.33. The van der Waals surface area contributed by atoms with E-state index < -0.39 is 35.6 Å². The van der Waals surface area contributed by atoms with Gasteiger partial charge < -0.3 is 5.11 Å². The fraction of sp³-hybridized carbons (Fsp3) is 0.381. The molecule has 2 heterocycles. The largest absolute Gasteiger partial charge is 0.481 e. The van der Waals surface area contributed by atoms with Gasteiger partial charge in [0.15, 0.2) is 0 Å². The number of carbonyl (C=O) groups excluding carboxylic acids is 1. The van der Waals surface area contributed by atoms with Gasteiger partial charge in [-0.05, 0) is 25.8 Å². The predicted molar refractivity (Wildman–Crippen MR) is 119 cm³/mol. The van der Waals surface area contributed by atoms with Crippen LogP contribution < -0.4 is 16.7 Å². The van der Waals surface area contributed by atoms with Gasteiger partial charge in [-0.2, -0.15) is 16.9 Å². The minimum absolute atomic E-state index is 0.0157. The van der Waals surface area contributed by atoms with Crippen LogP contribution in [0.1, 0.15) is 24.2 Å². The van der Waals surface area contributed by atoms with E-state index in [-0.39, 0.29) is 18.2 Å². The number of aryl methyl sites for hydroxylation is 1. The van der Waals surface area contributed by atoms with Gasteiger partial charge in [-0.15, -0.1) is 0 Å². The smallest absolute Gasteiger partial charge is 0.331 e. The summed E-state index contributed by atoms with van der Waals surface area (Å²) in [6, 6.07) is 10.5. The first-order valence-corrected chi connectivity index (χ1v) is 10.9. The second-order valence-corrected chi connectivity index (χ2v) is 8.50. The highest BCUT2D eigenvalue weighted by atomic mass is 32.2. The molecule has 3 rings (SSSR count). The van der Waals surface area contributed by atoms with Crippen molar-refractivity contribution in [2.75, 3.05) is 11.5 Å². The van der Waals surface area contributed by atoms with Gasteiger partial charge in [0.25, 0.3) is 11.5 Å². The Balaban J connectivity index is 1.73. The van der Waals surface area contributed by atoms with Gasteiger partial charge in [0, 0.05) is 29.0 Å². The number of amides is 1. The van der Waals surface area contributed by atoms with Crippen LogP contribution in [0.5, 0.6) is 0 Å². The number of carbonyl (C=O) groups is 2. The molecular weight excluding hydrogens is 420 g/mol. The first-order valence-electron chi connectivity index (χ1n) is 9.78. The Morgan fingerprint density at radius 1 is 1.26 bits per heavy atom. The Morgan fingerprint density at radius 2 is 1.94 bits per heavy atom. The number of nitrogens with zero attached hydrogens (tertiary/aromatic N) is 3. The van der Waals surface area contributed by atoms with E-state index in [1.807, 2.05) is 30.3 Å². The molecule has 1 aromatic carbocycles. The third-order valence-corrected chi connectivity index (χ3v) is 6.39. The molecule has 164 valence electrons. The summed E-state index contributed by atoms with van der Waals surface area (Å²) in [5.74, 6) is -1.09. The predicted octanol–water partition coefficient (Wildman–Crippen LogP) is 1.04. The lowest BCUT2D eigenvalue weighted by Gasteiger charge is -2.29. The second kappa shape index (κ2) is 9.78. The molecule has 1 aromatic heterocycles. The molecule has 10 heteroatoms. The van der Waals surface area contributed by atoms with Gasteiger partial charge >= 0.3 is 11.7 Å². The number of rotatable bonds is 8. The molecule has 0 aliphatic carbocycles. The molecule has 0 saturated carbocycles. The van der Waals surface area contributed by atoms with E-state index in [2.05, 4.69) is 10.5 Å². The molecule has 1 fully saturated rings. The number of benzene rings is 1. The molecule has 1 amide bonds. The molecule has 2 aromatic rings. The lowest BCUT2D eigenvalue weighted by atomic mass is 9.95. The van der Waals surface area contributed by atoms with Gasteiger partial charge in [-0.3, -0.25) is 23.5 Å². The van der Waals surface area contributed by atoms with Crippen LogP contribution in [-0.4, -0.2) is 43.3 Å². The van der Waals surface area contributed by atoms with E-state index >= 15 is 0 Å². The number of nitrogens with one attached hydrogen (secondary N) is 1. The summed E-state index contributed by atoms with van der Waals surface area (Å²) in [6.07, 6.45) is 0.225. The number of hydrogen-bond acceptors (Lipinski definition) is 6. The molecule has 31 heavy (non-hydrogen) atoms. The van der Waals surface area contributed by atoms with Crippen molar-refractivity contribution >= 4 is 29.4 Å². The SMILES string of the molecule is CC(=NNC(=O)Cn1c(=O)cc(C)n(C2CSC2)c1=O)C(Cc1ccccc1)C(=O)O. The van der Waals surface area contributed by atoms with Gasteiger partial charge in [0.2, 0.25) is 0 Å². The van der Waals surface area contributed by atoms with Crippen LogP contribution in [0.3, 0.4) is 0 Å². The van der Waals surface area contributed by atoms with E-state index in [0.717, 1.165) is 21.6 Å². The van der Waals surface area contributed by atoms with Gasteiger partial charge in [-0.1, -0.05) is 30.3 Å². The molecule has 1 atom stereocenters. The molecule has 0 radical (unpaired) electrons. The maximum absolute atomic E-state index is 12.7. The first-order chi connectivity index (χ1) is 14.8. The quantitative estimate of drug-likeness (QED) is 0.463. The first kappa shape index (κ1) is 22.5. The highest BCUT2D eigenvalue weighted by Crippen LogP contribution is 2.28. The van der Waals surface area contributed by atoms with Crippen LogP contribution >= 0.6 is 11.8 Å². The number of hydrogen-bond donors (Lipinski definition) is 2. The van der Waals surface area contributed by atoms with Gasteiger partial charge in [0.05, 0.1) is 6.04 Å². The summed E-state index contributed by atoms with van der Waals surface area (Å²) < 4.78 is 2.41. The van der Waals surface area contributed by atoms with E-state index in [0.29, 0.717) is 5.69 Å². The summed E-state index contributed by atoms with van der Waals surface area (Å²) in [5.41, 5.74) is 2.79. The third kappa shape index (κ3) is 5.32. The Morgan fingerprint density at radius 3 is 2.52 bits per heavy atom. The van der Waals surface area contributed by atoms with Crippen LogP contribution in [-0.2, 0) is 22.6 Å². The molecule has 1 aliphatic heterocycles. The zero-order chi connectivity index (χ0) is 22.5. The normalized spacial score (nSPS) is 15.2. The molecule has 9 nitrogen and oxygen atoms in total. The zero-order valence-corrected chi connectivity index (χ0v) is 18.1. The molecule has 1 unspecified atom stereocenters. The topological polar surface area (TPSA) is 123 Å². The number of aromatic nitrogens is 2. The number of hydrazone groups is 1. The second-order valence-electron chi connectivity index (χ2n) is 7.42. The maximum atomic E-state index is 12.7. The van der Waals surface area contributed by atoms with Crippen molar-refractivity contribution in [1.29, 1.82) is 0 Å². The van der Waals surface area contributed by atoms with Crippen molar-refractivity contribution in [3.05, 3.63) is 68.5 Å². The Hall–Kier alpha value is -3.14. The third-order valence-electron chi connectivity index (χ3n) is 5.14. The summed E-state index contributed by atoms with van der Waals surface area (Å²) >= 11 is 1.71. The van der Waals surface area contributed by atoms with E-state index in [1.165, 1.54) is 13.0 Å². The van der Waals surface area contributed by atoms with Gasteiger partial charge in [-0.25, -0.2) is 10.2 Å². The van der Waals surface area contributed by atoms with Crippen molar-refractivity contribution in [2.24, 2.45) is 11.0 Å². The van der Waals surface area contributed by atoms with Crippen LogP contribution in [0.4, 0.5) is 0 Å². The number of thioether (sulfide) groups is 1. The van der Waals surface area contributed by atoms with Crippen molar-refractivity contribution < 1.29 is 14.7 Å². The van der Waals surface area contributed by atoms with Crippen molar-refractivity contribution in [1.82, 2.24) is 14.6 Å². The lowest BCUT2D eigenvalue weighted by Crippen LogP contribution is -2.46. The minimum Gasteiger partial charge on any atom is -0.481 e. The van der Waals surface area contributed by atoms with Crippen molar-refractivity contribution in [3.63, 3.8) is 0 Å². The molecule has 1 aliphatic rings. The van der Waals surface area contributed by atoms with Crippen LogP contribution in [0.25, 0.3) is 0 Å². The molecule has 0 bridgehead atoms. The van der Waals surface area contributed by atoms with Gasteiger partial charge in [0.1, 0.15) is 12.5 Å². The summed E-state index contributed by atoms with van der Waals surface area (Å²) in [4.78, 5) is 49.0. The van der Waals surface area contributed by atoms with Crippen molar-refractivity contribution in [2.45, 2.75) is 32.9 Å². The average molecular weight is 445 g/mol. The maximum Gasteiger partial charge on any atom is 0.331 e. The molecule has 0 spiro atoms. The van der Waals surface area contributed by atoms with E-state index in [9.17, 15) is 24.3 Å². The Labute approximate surface area is 182 Å². The zero-order valence-electron chi connectivity index (χ0n) is 17.3. The average Bonchev–Trinajstić information content (AvgIpc) is 2.69. The fourth-order valence-corrected chi connectivity index (χ4v) is 4.08. The monoisotopic (exact) mass is 444 g/mol. The summed E-state index contributed by atoms with van der Waals surface area (Å²) in [5, 5.41) is 13.4. The van der Waals surface area contributed by atoms with E-state index in [4.69, 9.17) is 0 Å². The number of carboxylic acid groups (broad SMARTS) is 1. The van der Waals surface area contributed by atoms with Crippen LogP contribution in [0.15, 0.2) is 51.1 Å². The number of carboxylic acids is 1. The van der Waals surface area contributed by atoms with Crippen molar-refractivity contribution in [3.8, 4) is 0 Å². The highest BCUT2D eigenvalue weighted by molar-refractivity contribution is 8.00. The molecule has 1 saturated heterocycles. The Kier molecular flexibility index (Phi) is 7.11. The van der Waals surface area contributed by atoms with E-state index in [1.54, 1.807) is 23.3 Å². The lowest BCUT2D eigenvalue weighted by molar-refractivity contribution is -0.139. The minimum atomic E-state index is -1.06. The summed E-state index contributed by atoms with van der Waals surface area (Å²) in [6.45, 7) is 2.72. The molecular formula is C21H24N4O5S. The van der Waals surface area contributed by atoms with Crippen LogP contribution in [0.2, 0.25) is 0 Å². The standard InChI is InChI=1S/C21H24N4O5S/c1-13-8-19(27)24(21(30)25(13)16-11-31-12-16)10-18(26)23-22-14(2)17(20(28)29)9-15-6-4-3-5-7-15/h3-8,16-17H,9-12H2,1-2H3,(H,23,26)(H,28,29). The van der Waals surface area contributed by atoms with Crippen LogP contribution in [0, 0.1) is 12.8 Å². The highest BCUT2D eigenvalue weighted by Gasteiger charge is 2.25. The summed E-state index contributed by atoms with van der Waals surface area (Å²) in [7, 11) is 0. The molecule has 2 N–H and O–H groups in total. The Bertz CT molecular complexity index is 1120.